The number of hydrogen-bond acceptors (Lipinski definition) is 6. The maximum Gasteiger partial charge on any atom is 0.229 e. The molecule has 5 rings (SSSR count). The van der Waals surface area contributed by atoms with Gasteiger partial charge in [-0.25, -0.2) is 9.97 Å². The molecule has 1 aliphatic heterocycles. The molecule has 0 saturated carbocycles. The van der Waals surface area contributed by atoms with Gasteiger partial charge in [0, 0.05) is 42.8 Å². The van der Waals surface area contributed by atoms with Gasteiger partial charge in [-0.15, -0.1) is 0 Å². The lowest BCUT2D eigenvalue weighted by Crippen LogP contribution is -2.28. The van der Waals surface area contributed by atoms with Crippen molar-refractivity contribution in [3.05, 3.63) is 83.7 Å². The molecule has 9 nitrogen and oxygen atoms in total. The number of ether oxygens (including phenoxy) is 1. The van der Waals surface area contributed by atoms with Gasteiger partial charge in [0.05, 0.1) is 5.92 Å². The van der Waals surface area contributed by atoms with Gasteiger partial charge in [0.15, 0.2) is 0 Å². The number of nitrogens with zero attached hydrogens (tertiary/aromatic N) is 5. The van der Waals surface area contributed by atoms with Crippen molar-refractivity contribution in [2.45, 2.75) is 34.1 Å². The number of carbonyl (C=O) groups excluding carboxylic acids is 2. The number of aryl methyl sites for hydroxylation is 4. The van der Waals surface area contributed by atoms with E-state index in [2.05, 4.69) is 20.3 Å². The minimum absolute atomic E-state index is 0.0439. The Morgan fingerprint density at radius 3 is 2.49 bits per heavy atom. The van der Waals surface area contributed by atoms with Gasteiger partial charge in [0.1, 0.15) is 23.2 Å². The lowest BCUT2D eigenvalue weighted by Gasteiger charge is -2.18. The van der Waals surface area contributed by atoms with E-state index in [1.54, 1.807) is 48.4 Å². The van der Waals surface area contributed by atoms with E-state index in [0.717, 1.165) is 17.1 Å². The van der Waals surface area contributed by atoms with Crippen LogP contribution in [-0.2, 0) is 9.59 Å². The third-order valence-corrected chi connectivity index (χ3v) is 6.52. The van der Waals surface area contributed by atoms with Crippen LogP contribution in [0.25, 0.3) is 5.82 Å². The van der Waals surface area contributed by atoms with E-state index in [-0.39, 0.29) is 18.2 Å². The summed E-state index contributed by atoms with van der Waals surface area (Å²) in [6.07, 6.45) is 3.73. The first-order valence-electron chi connectivity index (χ1n) is 12.1. The number of benzene rings is 2. The Hall–Kier alpha value is -4.53. The maximum absolute atomic E-state index is 12.9. The molecular formula is C28H28N6O3. The van der Waals surface area contributed by atoms with Gasteiger partial charge in [-0.1, -0.05) is 6.07 Å². The molecule has 37 heavy (non-hydrogen) atoms. The van der Waals surface area contributed by atoms with Crippen LogP contribution >= 0.6 is 0 Å². The summed E-state index contributed by atoms with van der Waals surface area (Å²) in [4.78, 5) is 40.3. The second kappa shape index (κ2) is 9.85. The van der Waals surface area contributed by atoms with Crippen molar-refractivity contribution in [2.75, 3.05) is 16.8 Å². The van der Waals surface area contributed by atoms with Crippen LogP contribution in [0.2, 0.25) is 0 Å². The zero-order valence-electron chi connectivity index (χ0n) is 21.2. The number of nitrogens with one attached hydrogen (secondary N) is 1. The second-order valence-corrected chi connectivity index (χ2v) is 9.25. The monoisotopic (exact) mass is 496 g/mol. The molecule has 188 valence electrons. The Bertz CT molecular complexity index is 1480. The molecule has 0 aliphatic carbocycles. The minimum Gasteiger partial charge on any atom is -0.439 e. The molecule has 1 aliphatic rings. The fraction of sp³-hybridized carbons (Fsp3) is 0.250. The SMILES string of the molecule is Cc1nc(Oc2ccc(NC(=O)C3CC(=O)N(c4ccc(C)c(C)c4)C3)cc2)cc(-n2ccnc2C)n1. The molecule has 2 amide bonds. The summed E-state index contributed by atoms with van der Waals surface area (Å²) in [6, 6.07) is 14.7. The van der Waals surface area contributed by atoms with Crippen molar-refractivity contribution >= 4 is 23.2 Å². The molecule has 2 aromatic heterocycles. The van der Waals surface area contributed by atoms with Crippen LogP contribution in [0, 0.1) is 33.6 Å². The number of aromatic nitrogens is 4. The van der Waals surface area contributed by atoms with Crippen molar-refractivity contribution in [1.29, 1.82) is 0 Å². The van der Waals surface area contributed by atoms with E-state index < -0.39 is 5.92 Å². The van der Waals surface area contributed by atoms with Crippen molar-refractivity contribution in [3.63, 3.8) is 0 Å². The second-order valence-electron chi connectivity index (χ2n) is 9.25. The van der Waals surface area contributed by atoms with Gasteiger partial charge in [0.2, 0.25) is 17.7 Å². The molecule has 1 atom stereocenters. The molecule has 1 saturated heterocycles. The van der Waals surface area contributed by atoms with Gasteiger partial charge in [-0.05, 0) is 75.2 Å². The molecule has 3 heterocycles. The van der Waals surface area contributed by atoms with Crippen LogP contribution < -0.4 is 15.0 Å². The van der Waals surface area contributed by atoms with E-state index in [4.69, 9.17) is 4.74 Å². The van der Waals surface area contributed by atoms with Gasteiger partial charge in [-0.3, -0.25) is 14.2 Å². The van der Waals surface area contributed by atoms with E-state index in [1.807, 2.05) is 49.7 Å². The highest BCUT2D eigenvalue weighted by Gasteiger charge is 2.35. The zero-order valence-corrected chi connectivity index (χ0v) is 21.2. The van der Waals surface area contributed by atoms with E-state index in [9.17, 15) is 9.59 Å². The summed E-state index contributed by atoms with van der Waals surface area (Å²) in [5.41, 5.74) is 3.74. The van der Waals surface area contributed by atoms with Crippen LogP contribution in [0.15, 0.2) is 60.9 Å². The first-order valence-corrected chi connectivity index (χ1v) is 12.1. The first-order chi connectivity index (χ1) is 17.8. The van der Waals surface area contributed by atoms with Crippen molar-refractivity contribution < 1.29 is 14.3 Å². The van der Waals surface area contributed by atoms with Crippen LogP contribution in [-0.4, -0.2) is 37.9 Å². The molecule has 0 bridgehead atoms. The van der Waals surface area contributed by atoms with Gasteiger partial charge < -0.3 is 15.0 Å². The standard InChI is InChI=1S/C28H28N6O3/c1-17-5-8-23(13-18(17)2)34-16-21(14-27(34)35)28(36)32-22-6-9-24(10-7-22)37-26-15-25(30-19(3)31-26)33-12-11-29-20(33)4/h5-13,15,21H,14,16H2,1-4H3,(H,32,36). The summed E-state index contributed by atoms with van der Waals surface area (Å²) < 4.78 is 7.80. The van der Waals surface area contributed by atoms with Crippen molar-refractivity contribution in [3.8, 4) is 17.4 Å². The number of hydrogen-bond donors (Lipinski definition) is 1. The molecule has 0 spiro atoms. The molecule has 0 radical (unpaired) electrons. The van der Waals surface area contributed by atoms with Crippen molar-refractivity contribution in [2.24, 2.45) is 5.92 Å². The van der Waals surface area contributed by atoms with Crippen LogP contribution in [0.3, 0.4) is 0 Å². The topological polar surface area (TPSA) is 102 Å². The Morgan fingerprint density at radius 2 is 1.78 bits per heavy atom. The third-order valence-electron chi connectivity index (χ3n) is 6.52. The smallest absolute Gasteiger partial charge is 0.229 e. The lowest BCUT2D eigenvalue weighted by molar-refractivity contribution is -0.122. The Labute approximate surface area is 215 Å². The van der Waals surface area contributed by atoms with Crippen LogP contribution in [0.4, 0.5) is 11.4 Å². The van der Waals surface area contributed by atoms with E-state index in [1.165, 1.54) is 5.56 Å². The summed E-state index contributed by atoms with van der Waals surface area (Å²) in [5, 5.41) is 2.92. The maximum atomic E-state index is 12.9. The molecule has 2 aromatic carbocycles. The Morgan fingerprint density at radius 1 is 1.00 bits per heavy atom. The number of carbonyl (C=O) groups is 2. The number of rotatable bonds is 6. The summed E-state index contributed by atoms with van der Waals surface area (Å²) in [7, 11) is 0. The highest BCUT2D eigenvalue weighted by Crippen LogP contribution is 2.28. The van der Waals surface area contributed by atoms with E-state index in [0.29, 0.717) is 35.5 Å². The fourth-order valence-electron chi connectivity index (χ4n) is 4.32. The zero-order chi connectivity index (χ0) is 26.1. The number of anilines is 2. The fourth-order valence-corrected chi connectivity index (χ4v) is 4.32. The van der Waals surface area contributed by atoms with Crippen LogP contribution in [0.5, 0.6) is 11.6 Å². The third kappa shape index (κ3) is 5.20. The minimum atomic E-state index is -0.418. The van der Waals surface area contributed by atoms with Crippen LogP contribution in [0.1, 0.15) is 29.2 Å². The highest BCUT2D eigenvalue weighted by atomic mass is 16.5. The largest absolute Gasteiger partial charge is 0.439 e. The average Bonchev–Trinajstić information content (AvgIpc) is 3.47. The summed E-state index contributed by atoms with van der Waals surface area (Å²) >= 11 is 0. The van der Waals surface area contributed by atoms with Gasteiger partial charge in [0.25, 0.3) is 0 Å². The number of amides is 2. The molecule has 4 aromatic rings. The van der Waals surface area contributed by atoms with Gasteiger partial charge >= 0.3 is 0 Å². The lowest BCUT2D eigenvalue weighted by atomic mass is 10.1. The quantitative estimate of drug-likeness (QED) is 0.416. The van der Waals surface area contributed by atoms with E-state index >= 15 is 0 Å². The normalized spacial score (nSPS) is 15.2. The Balaban J connectivity index is 1.23. The molecule has 1 N–H and O–H groups in total. The molecule has 1 fully saturated rings. The summed E-state index contributed by atoms with van der Waals surface area (Å²) in [5.74, 6) is 2.39. The highest BCUT2D eigenvalue weighted by molar-refractivity contribution is 6.03. The molecular weight excluding hydrogens is 468 g/mol. The summed E-state index contributed by atoms with van der Waals surface area (Å²) in [6.45, 7) is 8.11. The molecule has 1 unspecified atom stereocenters. The van der Waals surface area contributed by atoms with Gasteiger partial charge in [-0.2, -0.15) is 4.98 Å². The molecule has 9 heteroatoms. The predicted octanol–water partition coefficient (Wildman–Crippen LogP) is 4.68. The predicted molar refractivity (Wildman–Crippen MR) is 140 cm³/mol. The Kier molecular flexibility index (Phi) is 6.43. The average molecular weight is 497 g/mol. The first kappa shape index (κ1) is 24.2. The van der Waals surface area contributed by atoms with Crippen molar-refractivity contribution in [1.82, 2.24) is 19.5 Å². The number of imidazole rings is 1.